The van der Waals surface area contributed by atoms with Crippen LogP contribution in [0.3, 0.4) is 0 Å². The van der Waals surface area contributed by atoms with Crippen molar-refractivity contribution in [3.05, 3.63) is 28.3 Å². The van der Waals surface area contributed by atoms with Crippen LogP contribution in [0.15, 0.2) is 12.1 Å². The van der Waals surface area contributed by atoms with Crippen LogP contribution >= 0.6 is 11.6 Å². The molecule has 82 valence electrons. The molecule has 0 unspecified atom stereocenters. The van der Waals surface area contributed by atoms with E-state index in [4.69, 9.17) is 21.4 Å². The fourth-order valence-corrected chi connectivity index (χ4v) is 1.80. The molecule has 0 aromatic heterocycles. The Kier molecular flexibility index (Phi) is 3.97. The van der Waals surface area contributed by atoms with Crippen molar-refractivity contribution >= 4 is 17.6 Å². The van der Waals surface area contributed by atoms with Gasteiger partial charge in [-0.3, -0.25) is 4.79 Å². The number of benzene rings is 1. The number of halogens is 1. The number of aliphatic carboxylic acids is 1. The first-order valence-corrected chi connectivity index (χ1v) is 5.03. The van der Waals surface area contributed by atoms with Crippen molar-refractivity contribution in [3.63, 3.8) is 0 Å². The molecule has 1 aromatic carbocycles. The molecule has 1 aromatic rings. The maximum absolute atomic E-state index is 10.7. The molecular formula is C11H13ClO3. The summed E-state index contributed by atoms with van der Waals surface area (Å²) in [5.41, 5.74) is 1.62. The monoisotopic (exact) mass is 228 g/mol. The van der Waals surface area contributed by atoms with Crippen molar-refractivity contribution in [2.75, 3.05) is 7.11 Å². The van der Waals surface area contributed by atoms with E-state index in [0.29, 0.717) is 16.3 Å². The molecule has 0 aliphatic heterocycles. The van der Waals surface area contributed by atoms with Crippen LogP contribution in [0, 0.1) is 0 Å². The minimum Gasteiger partial charge on any atom is -0.496 e. The SMILES string of the molecule is CCc1c(CC(=O)O)cc(Cl)cc1OC. The van der Waals surface area contributed by atoms with Gasteiger partial charge < -0.3 is 9.84 Å². The van der Waals surface area contributed by atoms with Crippen LogP contribution in [-0.4, -0.2) is 18.2 Å². The number of hydrogen-bond acceptors (Lipinski definition) is 2. The molecule has 0 heterocycles. The summed E-state index contributed by atoms with van der Waals surface area (Å²) in [6, 6.07) is 3.38. The number of hydrogen-bond donors (Lipinski definition) is 1. The fourth-order valence-electron chi connectivity index (χ4n) is 1.57. The van der Waals surface area contributed by atoms with Gasteiger partial charge in [0.15, 0.2) is 0 Å². The number of methoxy groups -OCH3 is 1. The van der Waals surface area contributed by atoms with Gasteiger partial charge in [0.25, 0.3) is 0 Å². The van der Waals surface area contributed by atoms with Gasteiger partial charge in [0.2, 0.25) is 0 Å². The quantitative estimate of drug-likeness (QED) is 0.862. The minimum absolute atomic E-state index is 0.0277. The molecule has 0 bridgehead atoms. The summed E-state index contributed by atoms with van der Waals surface area (Å²) in [5.74, 6) is -0.213. The first-order chi connectivity index (χ1) is 7.08. The predicted octanol–water partition coefficient (Wildman–Crippen LogP) is 2.54. The molecule has 0 fully saturated rings. The van der Waals surface area contributed by atoms with Gasteiger partial charge in [-0.2, -0.15) is 0 Å². The predicted molar refractivity (Wildman–Crippen MR) is 58.7 cm³/mol. The van der Waals surface area contributed by atoms with Gasteiger partial charge in [-0.1, -0.05) is 18.5 Å². The van der Waals surface area contributed by atoms with E-state index < -0.39 is 5.97 Å². The third-order valence-electron chi connectivity index (χ3n) is 2.18. The summed E-state index contributed by atoms with van der Waals surface area (Å²) in [7, 11) is 1.55. The average molecular weight is 229 g/mol. The molecule has 1 N–H and O–H groups in total. The minimum atomic E-state index is -0.867. The summed E-state index contributed by atoms with van der Waals surface area (Å²) < 4.78 is 5.16. The van der Waals surface area contributed by atoms with Crippen molar-refractivity contribution in [1.82, 2.24) is 0 Å². The molecule has 1 rings (SSSR count). The normalized spacial score (nSPS) is 10.1. The van der Waals surface area contributed by atoms with E-state index >= 15 is 0 Å². The van der Waals surface area contributed by atoms with E-state index in [1.54, 1.807) is 19.2 Å². The van der Waals surface area contributed by atoms with Crippen LogP contribution in [-0.2, 0) is 17.6 Å². The van der Waals surface area contributed by atoms with Crippen LogP contribution < -0.4 is 4.74 Å². The Balaban J connectivity index is 3.22. The van der Waals surface area contributed by atoms with Crippen molar-refractivity contribution in [3.8, 4) is 5.75 Å². The largest absolute Gasteiger partial charge is 0.496 e. The number of ether oxygens (including phenoxy) is 1. The highest BCUT2D eigenvalue weighted by Gasteiger charge is 2.12. The smallest absolute Gasteiger partial charge is 0.307 e. The summed E-state index contributed by atoms with van der Waals surface area (Å²) in [6.07, 6.45) is 0.697. The first kappa shape index (κ1) is 11.9. The van der Waals surface area contributed by atoms with Crippen molar-refractivity contribution in [1.29, 1.82) is 0 Å². The summed E-state index contributed by atoms with van der Waals surface area (Å²) in [5, 5.41) is 9.26. The van der Waals surface area contributed by atoms with E-state index in [1.165, 1.54) is 0 Å². The zero-order valence-corrected chi connectivity index (χ0v) is 9.47. The molecule has 0 radical (unpaired) electrons. The van der Waals surface area contributed by atoms with Gasteiger partial charge in [-0.15, -0.1) is 0 Å². The first-order valence-electron chi connectivity index (χ1n) is 4.65. The molecule has 0 atom stereocenters. The third kappa shape index (κ3) is 2.86. The Hall–Kier alpha value is -1.22. The molecule has 3 nitrogen and oxygen atoms in total. The van der Waals surface area contributed by atoms with Gasteiger partial charge in [-0.05, 0) is 29.7 Å². The lowest BCUT2D eigenvalue weighted by Gasteiger charge is -2.11. The lowest BCUT2D eigenvalue weighted by molar-refractivity contribution is -0.136. The highest BCUT2D eigenvalue weighted by molar-refractivity contribution is 6.30. The molecule has 0 aliphatic carbocycles. The second-order valence-corrected chi connectivity index (χ2v) is 3.61. The Morgan fingerprint density at radius 1 is 1.53 bits per heavy atom. The van der Waals surface area contributed by atoms with E-state index in [-0.39, 0.29) is 6.42 Å². The Bertz CT molecular complexity index is 374. The van der Waals surface area contributed by atoms with Crippen LogP contribution in [0.2, 0.25) is 5.02 Å². The van der Waals surface area contributed by atoms with Crippen molar-refractivity contribution in [2.45, 2.75) is 19.8 Å². The van der Waals surface area contributed by atoms with E-state index in [0.717, 1.165) is 12.0 Å². The molecule has 0 aliphatic rings. The zero-order valence-electron chi connectivity index (χ0n) is 8.71. The number of carbonyl (C=O) groups is 1. The van der Waals surface area contributed by atoms with Crippen LogP contribution in [0.5, 0.6) is 5.75 Å². The van der Waals surface area contributed by atoms with E-state index in [2.05, 4.69) is 0 Å². The molecule has 0 saturated carbocycles. The van der Waals surface area contributed by atoms with Gasteiger partial charge >= 0.3 is 5.97 Å². The topological polar surface area (TPSA) is 46.5 Å². The summed E-state index contributed by atoms with van der Waals surface area (Å²) in [6.45, 7) is 1.96. The number of carboxylic acids is 1. The number of rotatable bonds is 4. The summed E-state index contributed by atoms with van der Waals surface area (Å²) >= 11 is 5.87. The van der Waals surface area contributed by atoms with Gasteiger partial charge in [0, 0.05) is 5.02 Å². The van der Waals surface area contributed by atoms with Crippen molar-refractivity contribution in [2.24, 2.45) is 0 Å². The maximum Gasteiger partial charge on any atom is 0.307 e. The second kappa shape index (κ2) is 5.03. The number of carboxylic acid groups (broad SMARTS) is 1. The Labute approximate surface area is 93.6 Å². The van der Waals surface area contributed by atoms with E-state index in [1.807, 2.05) is 6.92 Å². The summed E-state index contributed by atoms with van der Waals surface area (Å²) in [4.78, 5) is 10.7. The van der Waals surface area contributed by atoms with Crippen LogP contribution in [0.25, 0.3) is 0 Å². The van der Waals surface area contributed by atoms with Gasteiger partial charge in [-0.25, -0.2) is 0 Å². The van der Waals surface area contributed by atoms with Gasteiger partial charge in [0.05, 0.1) is 13.5 Å². The highest BCUT2D eigenvalue weighted by atomic mass is 35.5. The van der Waals surface area contributed by atoms with Crippen molar-refractivity contribution < 1.29 is 14.6 Å². The third-order valence-corrected chi connectivity index (χ3v) is 2.40. The Morgan fingerprint density at radius 2 is 2.20 bits per heavy atom. The lowest BCUT2D eigenvalue weighted by atomic mass is 10.0. The molecule has 15 heavy (non-hydrogen) atoms. The molecule has 4 heteroatoms. The molecule has 0 amide bonds. The standard InChI is InChI=1S/C11H13ClO3/c1-3-9-7(5-11(13)14)4-8(12)6-10(9)15-2/h4,6H,3,5H2,1-2H3,(H,13,14). The Morgan fingerprint density at radius 3 is 2.67 bits per heavy atom. The van der Waals surface area contributed by atoms with Gasteiger partial charge in [0.1, 0.15) is 5.75 Å². The fraction of sp³-hybridized carbons (Fsp3) is 0.364. The van der Waals surface area contributed by atoms with Crippen LogP contribution in [0.1, 0.15) is 18.1 Å². The molecule has 0 spiro atoms. The molecule has 0 saturated heterocycles. The average Bonchev–Trinajstić information content (AvgIpc) is 2.15. The maximum atomic E-state index is 10.7. The molecular weight excluding hydrogens is 216 g/mol. The highest BCUT2D eigenvalue weighted by Crippen LogP contribution is 2.28. The van der Waals surface area contributed by atoms with Crippen LogP contribution in [0.4, 0.5) is 0 Å². The zero-order chi connectivity index (χ0) is 11.4. The van der Waals surface area contributed by atoms with E-state index in [9.17, 15) is 4.79 Å². The lowest BCUT2D eigenvalue weighted by Crippen LogP contribution is -2.05. The second-order valence-electron chi connectivity index (χ2n) is 3.17.